The average molecular weight is 415 g/mol. The highest BCUT2D eigenvalue weighted by molar-refractivity contribution is 6.15. The molecule has 1 heterocycles. The number of carbonyl (C=O) groups excluding carboxylic acids is 1. The van der Waals surface area contributed by atoms with Crippen molar-refractivity contribution in [3.05, 3.63) is 104 Å². The van der Waals surface area contributed by atoms with E-state index in [4.69, 9.17) is 9.47 Å². The number of ether oxygens (including phenoxy) is 2. The average Bonchev–Trinajstić information content (AvgIpc) is 3.08. The van der Waals surface area contributed by atoms with E-state index in [0.717, 1.165) is 23.1 Å². The zero-order chi connectivity index (χ0) is 22.0. The minimum absolute atomic E-state index is 0.0349. The Morgan fingerprint density at radius 3 is 2.35 bits per heavy atom. The maximum Gasteiger partial charge on any atom is 0.269 e. The summed E-state index contributed by atoms with van der Waals surface area (Å²) in [6.45, 7) is 4.19. The van der Waals surface area contributed by atoms with Gasteiger partial charge in [0.25, 0.3) is 5.69 Å². The van der Waals surface area contributed by atoms with Crippen LogP contribution in [0.4, 0.5) is 5.69 Å². The first-order valence-electron chi connectivity index (χ1n) is 9.98. The maximum absolute atomic E-state index is 12.8. The Morgan fingerprint density at radius 2 is 1.71 bits per heavy atom. The Labute approximate surface area is 179 Å². The normalized spacial score (nSPS) is 13.7. The van der Waals surface area contributed by atoms with Gasteiger partial charge in [-0.15, -0.1) is 0 Å². The Kier molecular flexibility index (Phi) is 5.54. The molecule has 3 aromatic carbocycles. The Hall–Kier alpha value is -3.93. The maximum atomic E-state index is 12.8. The number of carbonyl (C=O) groups is 1. The van der Waals surface area contributed by atoms with E-state index in [-0.39, 0.29) is 23.8 Å². The largest absolute Gasteiger partial charge is 0.489 e. The molecule has 4 rings (SSSR count). The lowest BCUT2D eigenvalue weighted by atomic mass is 10.0. The third kappa shape index (κ3) is 4.33. The van der Waals surface area contributed by atoms with Gasteiger partial charge in [0.1, 0.15) is 18.1 Å². The van der Waals surface area contributed by atoms with Crippen molar-refractivity contribution in [2.75, 3.05) is 0 Å². The lowest BCUT2D eigenvalue weighted by Gasteiger charge is -2.09. The van der Waals surface area contributed by atoms with Gasteiger partial charge in [0.05, 0.1) is 10.5 Å². The van der Waals surface area contributed by atoms with Crippen molar-refractivity contribution in [2.45, 2.75) is 26.9 Å². The number of rotatable bonds is 6. The smallest absolute Gasteiger partial charge is 0.269 e. The third-order valence-corrected chi connectivity index (χ3v) is 5.18. The lowest BCUT2D eigenvalue weighted by Crippen LogP contribution is -2.00. The Bertz CT molecular complexity index is 1180. The van der Waals surface area contributed by atoms with Crippen molar-refractivity contribution in [2.24, 2.45) is 0 Å². The van der Waals surface area contributed by atoms with Gasteiger partial charge in [-0.05, 0) is 59.9 Å². The highest BCUT2D eigenvalue weighted by Crippen LogP contribution is 2.37. The number of ketones is 1. The molecule has 0 spiro atoms. The van der Waals surface area contributed by atoms with Crippen molar-refractivity contribution >= 4 is 17.5 Å². The number of allylic oxidation sites excluding steroid dienone is 1. The number of nitro benzene ring substituents is 1. The topological polar surface area (TPSA) is 78.7 Å². The van der Waals surface area contributed by atoms with Crippen molar-refractivity contribution in [3.63, 3.8) is 0 Å². The predicted octanol–water partition coefficient (Wildman–Crippen LogP) is 5.66. The number of non-ortho nitro benzene ring substituents is 1. The molecule has 1 aliphatic rings. The van der Waals surface area contributed by atoms with E-state index >= 15 is 0 Å². The van der Waals surface area contributed by atoms with Crippen molar-refractivity contribution in [3.8, 4) is 11.5 Å². The molecule has 0 radical (unpaired) electrons. The molecule has 31 heavy (non-hydrogen) atoms. The van der Waals surface area contributed by atoms with Crippen molar-refractivity contribution in [1.29, 1.82) is 0 Å². The third-order valence-electron chi connectivity index (χ3n) is 5.18. The van der Waals surface area contributed by atoms with Crippen molar-refractivity contribution < 1.29 is 19.2 Å². The van der Waals surface area contributed by atoms with Crippen molar-refractivity contribution in [1.82, 2.24) is 0 Å². The molecule has 0 bridgehead atoms. The van der Waals surface area contributed by atoms with Gasteiger partial charge >= 0.3 is 0 Å². The number of nitrogens with zero attached hydrogens (tertiary/aromatic N) is 1. The van der Waals surface area contributed by atoms with Crippen LogP contribution in [0, 0.1) is 17.0 Å². The van der Waals surface area contributed by atoms with E-state index in [9.17, 15) is 14.9 Å². The molecule has 0 fully saturated rings. The summed E-state index contributed by atoms with van der Waals surface area (Å²) in [5.41, 5.74) is 4.28. The monoisotopic (exact) mass is 415 g/mol. The molecule has 3 aromatic rings. The first kappa shape index (κ1) is 20.3. The molecule has 0 unspecified atom stereocenters. The highest BCUT2D eigenvalue weighted by Gasteiger charge is 2.30. The molecule has 0 aromatic heterocycles. The van der Waals surface area contributed by atoms with Gasteiger partial charge in [-0.2, -0.15) is 0 Å². The zero-order valence-electron chi connectivity index (χ0n) is 17.3. The van der Waals surface area contributed by atoms with Gasteiger partial charge in [-0.3, -0.25) is 14.9 Å². The summed E-state index contributed by atoms with van der Waals surface area (Å²) in [6.07, 6.45) is 2.71. The number of hydrogen-bond donors (Lipinski definition) is 0. The molecule has 0 atom stereocenters. The number of hydrogen-bond acceptors (Lipinski definition) is 5. The van der Waals surface area contributed by atoms with E-state index in [0.29, 0.717) is 17.1 Å². The van der Waals surface area contributed by atoms with Crippen LogP contribution in [0.1, 0.15) is 39.5 Å². The molecule has 156 valence electrons. The number of aryl methyl sites for hydroxylation is 2. The second-order valence-corrected chi connectivity index (χ2v) is 7.36. The molecular formula is C25H21NO5. The minimum Gasteiger partial charge on any atom is -0.489 e. The lowest BCUT2D eigenvalue weighted by molar-refractivity contribution is -0.384. The van der Waals surface area contributed by atoms with Gasteiger partial charge in [-0.1, -0.05) is 31.2 Å². The zero-order valence-corrected chi connectivity index (χ0v) is 17.3. The van der Waals surface area contributed by atoms with E-state index in [2.05, 4.69) is 6.92 Å². The van der Waals surface area contributed by atoms with Crippen LogP contribution in [0.2, 0.25) is 0 Å². The standard InChI is InChI=1S/C25H21NO5/c1-3-17-4-6-18(7-5-17)13-23-25(27)24-16(2)12-21(14-22(24)31-23)30-15-19-8-10-20(11-9-19)26(28)29/h4-14H,3,15H2,1-2H3/b23-13-. The van der Waals surface area contributed by atoms with Crippen LogP contribution in [0.5, 0.6) is 11.5 Å². The van der Waals surface area contributed by atoms with E-state index < -0.39 is 4.92 Å². The van der Waals surface area contributed by atoms with Gasteiger partial charge in [0.15, 0.2) is 5.76 Å². The number of fused-ring (bicyclic) bond motifs is 1. The summed E-state index contributed by atoms with van der Waals surface area (Å²) in [4.78, 5) is 23.2. The molecule has 1 aliphatic heterocycles. The minimum atomic E-state index is -0.438. The molecule has 6 heteroatoms. The first-order chi connectivity index (χ1) is 14.9. The predicted molar refractivity (Wildman–Crippen MR) is 117 cm³/mol. The second kappa shape index (κ2) is 8.44. The van der Waals surface area contributed by atoms with Crippen LogP contribution in [0.15, 0.2) is 66.4 Å². The molecule has 0 amide bonds. The molecule has 0 saturated heterocycles. The summed E-state index contributed by atoms with van der Waals surface area (Å²) in [6, 6.07) is 17.7. The van der Waals surface area contributed by atoms with E-state index in [1.807, 2.05) is 31.2 Å². The number of nitro groups is 1. The summed E-state index contributed by atoms with van der Waals surface area (Å²) < 4.78 is 11.7. The van der Waals surface area contributed by atoms with Gasteiger partial charge in [-0.25, -0.2) is 0 Å². The number of Topliss-reactive ketones (excluding diaryl/α,β-unsaturated/α-hetero) is 1. The van der Waals surface area contributed by atoms with Gasteiger partial charge in [0, 0.05) is 18.2 Å². The quantitative estimate of drug-likeness (QED) is 0.295. The van der Waals surface area contributed by atoms with Gasteiger partial charge < -0.3 is 9.47 Å². The molecule has 0 N–H and O–H groups in total. The Balaban J connectivity index is 1.51. The van der Waals surface area contributed by atoms with Crippen LogP contribution in [0.3, 0.4) is 0 Å². The summed E-state index contributed by atoms with van der Waals surface area (Å²) in [5.74, 6) is 1.18. The molecule has 0 saturated carbocycles. The van der Waals surface area contributed by atoms with Crippen LogP contribution >= 0.6 is 0 Å². The summed E-state index contributed by atoms with van der Waals surface area (Å²) in [7, 11) is 0. The summed E-state index contributed by atoms with van der Waals surface area (Å²) in [5, 5.41) is 10.8. The fourth-order valence-corrected chi connectivity index (χ4v) is 3.44. The van der Waals surface area contributed by atoms with E-state index in [1.165, 1.54) is 17.7 Å². The Morgan fingerprint density at radius 1 is 1.03 bits per heavy atom. The van der Waals surface area contributed by atoms with Crippen LogP contribution < -0.4 is 9.47 Å². The van der Waals surface area contributed by atoms with Crippen LogP contribution in [-0.4, -0.2) is 10.7 Å². The molecule has 6 nitrogen and oxygen atoms in total. The van der Waals surface area contributed by atoms with Crippen LogP contribution in [-0.2, 0) is 13.0 Å². The SMILES string of the molecule is CCc1ccc(/C=C2\Oc3cc(OCc4ccc([N+](=O)[O-])cc4)cc(C)c3C2=O)cc1. The van der Waals surface area contributed by atoms with E-state index in [1.54, 1.807) is 30.3 Å². The fourth-order valence-electron chi connectivity index (χ4n) is 3.44. The molecule has 0 aliphatic carbocycles. The first-order valence-corrected chi connectivity index (χ1v) is 9.98. The number of benzene rings is 3. The van der Waals surface area contributed by atoms with Gasteiger partial charge in [0.2, 0.25) is 5.78 Å². The van der Waals surface area contributed by atoms with Crippen LogP contribution in [0.25, 0.3) is 6.08 Å². The fraction of sp³-hybridized carbons (Fsp3) is 0.160. The second-order valence-electron chi connectivity index (χ2n) is 7.36. The summed E-state index contributed by atoms with van der Waals surface area (Å²) >= 11 is 0. The molecular weight excluding hydrogens is 394 g/mol. The highest BCUT2D eigenvalue weighted by atomic mass is 16.6.